The van der Waals surface area contributed by atoms with Gasteiger partial charge in [-0.3, -0.25) is 9.59 Å². The molecule has 0 saturated heterocycles. The minimum Gasteiger partial charge on any atom is -0.484 e. The number of carbonyl (C=O) groups is 2. The Labute approximate surface area is 142 Å². The molecule has 0 saturated carbocycles. The first-order valence-electron chi connectivity index (χ1n) is 7.84. The summed E-state index contributed by atoms with van der Waals surface area (Å²) in [7, 11) is 0. The molecule has 0 radical (unpaired) electrons. The molecule has 2 aromatic carbocycles. The lowest BCUT2D eigenvalue weighted by molar-refractivity contribution is -0.118. The topological polar surface area (TPSA) is 67.4 Å². The smallest absolute Gasteiger partial charge is 0.262 e. The zero-order valence-corrected chi connectivity index (χ0v) is 14.1. The first kappa shape index (κ1) is 17.5. The number of hydrogen-bond donors (Lipinski definition) is 2. The predicted octanol–water partition coefficient (Wildman–Crippen LogP) is 3.79. The molecule has 126 valence electrons. The normalized spacial score (nSPS) is 10.3. The summed E-state index contributed by atoms with van der Waals surface area (Å²) >= 11 is 0. The highest BCUT2D eigenvalue weighted by molar-refractivity contribution is 5.94. The number of ether oxygens (including phenoxy) is 1. The minimum absolute atomic E-state index is 0.0780. The molecule has 0 fully saturated rings. The highest BCUT2D eigenvalue weighted by Crippen LogP contribution is 2.19. The van der Waals surface area contributed by atoms with Crippen molar-refractivity contribution in [2.75, 3.05) is 17.2 Å². The summed E-state index contributed by atoms with van der Waals surface area (Å²) in [6.45, 7) is 5.60. The Kier molecular flexibility index (Phi) is 5.95. The average molecular weight is 326 g/mol. The van der Waals surface area contributed by atoms with E-state index >= 15 is 0 Å². The van der Waals surface area contributed by atoms with E-state index in [0.717, 1.165) is 0 Å². The van der Waals surface area contributed by atoms with Crippen LogP contribution in [0.25, 0.3) is 0 Å². The van der Waals surface area contributed by atoms with Crippen molar-refractivity contribution in [3.63, 3.8) is 0 Å². The Bertz CT molecular complexity index is 709. The van der Waals surface area contributed by atoms with E-state index in [4.69, 9.17) is 4.74 Å². The molecular weight excluding hydrogens is 304 g/mol. The van der Waals surface area contributed by atoms with Crippen molar-refractivity contribution in [3.05, 3.63) is 54.1 Å². The number of anilines is 2. The molecule has 2 aromatic rings. The van der Waals surface area contributed by atoms with E-state index in [2.05, 4.69) is 24.5 Å². The zero-order chi connectivity index (χ0) is 17.5. The van der Waals surface area contributed by atoms with Crippen molar-refractivity contribution in [1.29, 1.82) is 0 Å². The van der Waals surface area contributed by atoms with Gasteiger partial charge in [0.1, 0.15) is 5.75 Å². The molecule has 2 N–H and O–H groups in total. The summed E-state index contributed by atoms with van der Waals surface area (Å²) in [6.07, 6.45) is 0. The lowest BCUT2D eigenvalue weighted by atomic mass is 10.0. The van der Waals surface area contributed by atoms with Gasteiger partial charge in [-0.05, 0) is 41.8 Å². The Hall–Kier alpha value is -2.82. The maximum Gasteiger partial charge on any atom is 0.262 e. The summed E-state index contributed by atoms with van der Waals surface area (Å²) in [4.78, 5) is 23.0. The van der Waals surface area contributed by atoms with Gasteiger partial charge < -0.3 is 15.4 Å². The van der Waals surface area contributed by atoms with Crippen LogP contribution in [0.1, 0.15) is 32.3 Å². The van der Waals surface area contributed by atoms with Crippen molar-refractivity contribution in [2.24, 2.45) is 0 Å². The Morgan fingerprint density at radius 1 is 1.00 bits per heavy atom. The van der Waals surface area contributed by atoms with Gasteiger partial charge in [-0.25, -0.2) is 0 Å². The van der Waals surface area contributed by atoms with E-state index in [-0.39, 0.29) is 18.4 Å². The molecule has 0 unspecified atom stereocenters. The van der Waals surface area contributed by atoms with Crippen LogP contribution in [0, 0.1) is 0 Å². The molecule has 5 heteroatoms. The summed E-state index contributed by atoms with van der Waals surface area (Å²) in [6, 6.07) is 14.7. The quantitative estimate of drug-likeness (QED) is 0.849. The van der Waals surface area contributed by atoms with Crippen LogP contribution in [-0.4, -0.2) is 18.4 Å². The van der Waals surface area contributed by atoms with Crippen molar-refractivity contribution in [1.82, 2.24) is 0 Å². The van der Waals surface area contributed by atoms with Crippen LogP contribution in [0.3, 0.4) is 0 Å². The maximum atomic E-state index is 12.0. The monoisotopic (exact) mass is 326 g/mol. The second-order valence-electron chi connectivity index (χ2n) is 5.82. The number of rotatable bonds is 6. The summed E-state index contributed by atoms with van der Waals surface area (Å²) in [5, 5.41) is 5.41. The number of hydrogen-bond acceptors (Lipinski definition) is 3. The summed E-state index contributed by atoms with van der Waals surface area (Å²) < 4.78 is 5.49. The van der Waals surface area contributed by atoms with E-state index in [1.165, 1.54) is 12.5 Å². The molecule has 0 aliphatic heterocycles. The van der Waals surface area contributed by atoms with Crippen molar-refractivity contribution in [3.8, 4) is 5.75 Å². The van der Waals surface area contributed by atoms with Crippen LogP contribution in [-0.2, 0) is 9.59 Å². The third-order valence-electron chi connectivity index (χ3n) is 3.38. The van der Waals surface area contributed by atoms with Crippen LogP contribution >= 0.6 is 0 Å². The largest absolute Gasteiger partial charge is 0.484 e. The Morgan fingerprint density at radius 2 is 1.62 bits per heavy atom. The van der Waals surface area contributed by atoms with Gasteiger partial charge >= 0.3 is 0 Å². The standard InChI is InChI=1S/C19H22N2O3/c1-13(2)15-7-9-18(10-8-15)24-12-19(23)21-17-6-4-5-16(11-17)20-14(3)22/h4-11,13H,12H2,1-3H3,(H,20,22)(H,21,23). The first-order valence-corrected chi connectivity index (χ1v) is 7.84. The first-order chi connectivity index (χ1) is 11.4. The average Bonchev–Trinajstić information content (AvgIpc) is 2.53. The van der Waals surface area contributed by atoms with Crippen LogP contribution in [0.4, 0.5) is 11.4 Å². The van der Waals surface area contributed by atoms with E-state index in [9.17, 15) is 9.59 Å². The van der Waals surface area contributed by atoms with Crippen LogP contribution in [0.2, 0.25) is 0 Å². The zero-order valence-electron chi connectivity index (χ0n) is 14.1. The summed E-state index contributed by atoms with van der Waals surface area (Å²) in [5.41, 5.74) is 2.46. The van der Waals surface area contributed by atoms with E-state index in [1.807, 2.05) is 24.3 Å². The fourth-order valence-corrected chi connectivity index (χ4v) is 2.17. The minimum atomic E-state index is -0.261. The van der Waals surface area contributed by atoms with Crippen molar-refractivity contribution >= 4 is 23.2 Å². The predicted molar refractivity (Wildman–Crippen MR) is 95.4 cm³/mol. The fraction of sp³-hybridized carbons (Fsp3) is 0.263. The highest BCUT2D eigenvalue weighted by Gasteiger charge is 2.06. The number of carbonyl (C=O) groups excluding carboxylic acids is 2. The molecule has 2 amide bonds. The third kappa shape index (κ3) is 5.43. The Morgan fingerprint density at radius 3 is 2.21 bits per heavy atom. The molecule has 0 aliphatic rings. The molecule has 0 aromatic heterocycles. The second-order valence-corrected chi connectivity index (χ2v) is 5.82. The van der Waals surface area contributed by atoms with Gasteiger partial charge in [0, 0.05) is 18.3 Å². The number of amides is 2. The maximum absolute atomic E-state index is 12.0. The molecule has 0 aliphatic carbocycles. The van der Waals surface area contributed by atoms with Gasteiger partial charge in [-0.2, -0.15) is 0 Å². The Balaban J connectivity index is 1.88. The molecule has 5 nitrogen and oxygen atoms in total. The van der Waals surface area contributed by atoms with Crippen LogP contribution < -0.4 is 15.4 Å². The van der Waals surface area contributed by atoms with Crippen LogP contribution in [0.15, 0.2) is 48.5 Å². The van der Waals surface area contributed by atoms with E-state index in [1.54, 1.807) is 24.3 Å². The second kappa shape index (κ2) is 8.15. The molecule has 2 rings (SSSR count). The summed E-state index contributed by atoms with van der Waals surface area (Å²) in [5.74, 6) is 0.689. The van der Waals surface area contributed by atoms with Crippen molar-refractivity contribution in [2.45, 2.75) is 26.7 Å². The molecule has 0 atom stereocenters. The number of benzene rings is 2. The van der Waals surface area contributed by atoms with Gasteiger partial charge in [0.25, 0.3) is 5.91 Å². The van der Waals surface area contributed by atoms with E-state index < -0.39 is 0 Å². The van der Waals surface area contributed by atoms with Gasteiger partial charge in [-0.15, -0.1) is 0 Å². The van der Waals surface area contributed by atoms with Gasteiger partial charge in [0.05, 0.1) is 0 Å². The SMILES string of the molecule is CC(=O)Nc1cccc(NC(=O)COc2ccc(C(C)C)cc2)c1. The van der Waals surface area contributed by atoms with Crippen LogP contribution in [0.5, 0.6) is 5.75 Å². The molecule has 0 heterocycles. The molecule has 24 heavy (non-hydrogen) atoms. The van der Waals surface area contributed by atoms with Crippen molar-refractivity contribution < 1.29 is 14.3 Å². The molecular formula is C19H22N2O3. The fourth-order valence-electron chi connectivity index (χ4n) is 2.17. The molecule has 0 spiro atoms. The third-order valence-corrected chi connectivity index (χ3v) is 3.38. The van der Waals surface area contributed by atoms with E-state index in [0.29, 0.717) is 23.0 Å². The lowest BCUT2D eigenvalue weighted by Crippen LogP contribution is -2.20. The number of nitrogens with one attached hydrogen (secondary N) is 2. The van der Waals surface area contributed by atoms with Gasteiger partial charge in [0.2, 0.25) is 5.91 Å². The van der Waals surface area contributed by atoms with Gasteiger partial charge in [-0.1, -0.05) is 32.0 Å². The van der Waals surface area contributed by atoms with Gasteiger partial charge in [0.15, 0.2) is 6.61 Å². The highest BCUT2D eigenvalue weighted by atomic mass is 16.5. The lowest BCUT2D eigenvalue weighted by Gasteiger charge is -2.10. The molecule has 0 bridgehead atoms.